The van der Waals surface area contributed by atoms with E-state index in [9.17, 15) is 13.2 Å². The molecule has 5 rings (SSSR count). The van der Waals surface area contributed by atoms with Crippen molar-refractivity contribution in [3.63, 3.8) is 0 Å². The van der Waals surface area contributed by atoms with E-state index in [2.05, 4.69) is 27.9 Å². The van der Waals surface area contributed by atoms with E-state index in [-0.39, 0.29) is 22.8 Å². The Morgan fingerprint density at radius 3 is 2.46 bits per heavy atom. The molecule has 1 aliphatic carbocycles. The number of amides is 1. The molecule has 3 aliphatic rings. The number of benzene rings is 2. The number of nitrogens with zero attached hydrogens (tertiary/aromatic N) is 1. The first-order valence-electron chi connectivity index (χ1n) is 13.1. The SMILES string of the molecule is CCS(=O)(=O)/C(NC)=C(/Nc1ccccc1)c1cc(OC2CCN(C)CC2)c2c(c1)C1(CCC1)C(=O)N2. The number of carbonyl (C=O) groups is 1. The fraction of sp³-hybridized carbons (Fsp3) is 0.464. The van der Waals surface area contributed by atoms with Crippen LogP contribution in [0.2, 0.25) is 0 Å². The standard InChI is InChI=1S/C28H36N4O4S/c1-4-37(34,35)26(29-2)24(30-20-9-6-5-7-10-20)19-17-22-25(31-27(33)28(22)13-8-14-28)23(18-19)36-21-11-15-32(3)16-12-21/h5-7,9-10,17-18,21,29-30H,4,8,11-16H2,1-3H3,(H,31,33)/b26-24+. The molecule has 2 aromatic carbocycles. The molecule has 0 bridgehead atoms. The third kappa shape index (κ3) is 4.70. The van der Waals surface area contributed by atoms with Crippen LogP contribution in [0.1, 0.15) is 50.2 Å². The smallest absolute Gasteiger partial charge is 0.235 e. The summed E-state index contributed by atoms with van der Waals surface area (Å²) >= 11 is 0. The highest BCUT2D eigenvalue weighted by molar-refractivity contribution is 7.95. The van der Waals surface area contributed by atoms with Crippen molar-refractivity contribution in [1.82, 2.24) is 10.2 Å². The maximum Gasteiger partial charge on any atom is 0.235 e. The minimum absolute atomic E-state index is 0.00990. The first-order chi connectivity index (χ1) is 17.8. The van der Waals surface area contributed by atoms with Gasteiger partial charge in [0.15, 0.2) is 14.9 Å². The Bertz CT molecular complexity index is 1310. The van der Waals surface area contributed by atoms with Crippen LogP contribution in [-0.2, 0) is 20.0 Å². The van der Waals surface area contributed by atoms with Crippen LogP contribution in [0.3, 0.4) is 0 Å². The van der Waals surface area contributed by atoms with Gasteiger partial charge in [-0.25, -0.2) is 8.42 Å². The second kappa shape index (κ2) is 10.0. The number of hydrogen-bond donors (Lipinski definition) is 3. The number of para-hydroxylation sites is 1. The Morgan fingerprint density at radius 1 is 1.16 bits per heavy atom. The van der Waals surface area contributed by atoms with Gasteiger partial charge in [0.05, 0.1) is 22.6 Å². The molecule has 2 aromatic rings. The zero-order chi connectivity index (χ0) is 26.2. The summed E-state index contributed by atoms with van der Waals surface area (Å²) in [5, 5.41) is 9.53. The number of hydrogen-bond acceptors (Lipinski definition) is 7. The van der Waals surface area contributed by atoms with Gasteiger partial charge in [0, 0.05) is 31.4 Å². The molecule has 2 fully saturated rings. The summed E-state index contributed by atoms with van der Waals surface area (Å²) in [5.74, 6) is 0.573. The molecule has 0 unspecified atom stereocenters. The molecule has 1 saturated carbocycles. The summed E-state index contributed by atoms with van der Waals surface area (Å²) in [6.45, 7) is 3.53. The van der Waals surface area contributed by atoms with E-state index in [0.29, 0.717) is 17.0 Å². The second-order valence-corrected chi connectivity index (χ2v) is 12.5. The number of likely N-dealkylation sites (tertiary alicyclic amines) is 1. The molecule has 0 radical (unpaired) electrons. The van der Waals surface area contributed by atoms with Gasteiger partial charge in [-0.15, -0.1) is 0 Å². The number of rotatable bonds is 8. The predicted octanol–water partition coefficient (Wildman–Crippen LogP) is 3.93. The van der Waals surface area contributed by atoms with Gasteiger partial charge in [0.25, 0.3) is 0 Å². The largest absolute Gasteiger partial charge is 0.488 e. The van der Waals surface area contributed by atoms with E-state index in [1.165, 1.54) is 0 Å². The molecule has 198 valence electrons. The number of nitrogens with one attached hydrogen (secondary N) is 3. The van der Waals surface area contributed by atoms with Crippen molar-refractivity contribution in [3.8, 4) is 5.75 Å². The average Bonchev–Trinajstić information content (AvgIpc) is 3.18. The van der Waals surface area contributed by atoms with Crippen LogP contribution in [0, 0.1) is 0 Å². The third-order valence-electron chi connectivity index (χ3n) is 7.93. The predicted molar refractivity (Wildman–Crippen MR) is 147 cm³/mol. The molecule has 3 N–H and O–H groups in total. The van der Waals surface area contributed by atoms with Crippen molar-refractivity contribution in [1.29, 1.82) is 0 Å². The van der Waals surface area contributed by atoms with Crippen LogP contribution in [0.15, 0.2) is 47.5 Å². The lowest BCUT2D eigenvalue weighted by Gasteiger charge is -2.36. The minimum Gasteiger partial charge on any atom is -0.488 e. The van der Waals surface area contributed by atoms with E-state index >= 15 is 0 Å². The van der Waals surface area contributed by atoms with Gasteiger partial charge >= 0.3 is 0 Å². The highest BCUT2D eigenvalue weighted by atomic mass is 32.2. The van der Waals surface area contributed by atoms with Gasteiger partial charge in [-0.3, -0.25) is 4.79 Å². The van der Waals surface area contributed by atoms with Crippen molar-refractivity contribution < 1.29 is 17.9 Å². The molecule has 1 spiro atoms. The topological polar surface area (TPSA) is 99.8 Å². The van der Waals surface area contributed by atoms with Crippen molar-refractivity contribution >= 4 is 32.8 Å². The van der Waals surface area contributed by atoms with Gasteiger partial charge < -0.3 is 25.6 Å². The monoisotopic (exact) mass is 524 g/mol. The fourth-order valence-electron chi connectivity index (χ4n) is 5.53. The second-order valence-electron chi connectivity index (χ2n) is 10.3. The van der Waals surface area contributed by atoms with Crippen molar-refractivity contribution in [2.75, 3.05) is 43.6 Å². The Morgan fingerprint density at radius 2 is 1.86 bits per heavy atom. The first-order valence-corrected chi connectivity index (χ1v) is 14.7. The lowest BCUT2D eigenvalue weighted by Crippen LogP contribution is -2.40. The highest BCUT2D eigenvalue weighted by Gasteiger charge is 2.52. The highest BCUT2D eigenvalue weighted by Crippen LogP contribution is 2.54. The van der Waals surface area contributed by atoms with E-state index in [4.69, 9.17) is 4.74 Å². The third-order valence-corrected chi connectivity index (χ3v) is 9.72. The van der Waals surface area contributed by atoms with Gasteiger partial charge in [0.1, 0.15) is 11.9 Å². The van der Waals surface area contributed by atoms with E-state index in [1.807, 2.05) is 42.5 Å². The molecule has 0 aromatic heterocycles. The molecular formula is C28H36N4O4S. The maximum atomic E-state index is 13.2. The molecule has 8 nitrogen and oxygen atoms in total. The van der Waals surface area contributed by atoms with E-state index < -0.39 is 15.3 Å². The zero-order valence-corrected chi connectivity index (χ0v) is 22.6. The van der Waals surface area contributed by atoms with Crippen LogP contribution >= 0.6 is 0 Å². The number of fused-ring (bicyclic) bond motifs is 2. The molecule has 9 heteroatoms. The molecular weight excluding hydrogens is 488 g/mol. The fourth-order valence-corrected chi connectivity index (χ4v) is 6.61. The molecule has 2 aliphatic heterocycles. The molecule has 0 atom stereocenters. The van der Waals surface area contributed by atoms with Crippen molar-refractivity contribution in [2.24, 2.45) is 0 Å². The first kappa shape index (κ1) is 25.6. The number of carbonyl (C=O) groups excluding carboxylic acids is 1. The summed E-state index contributed by atoms with van der Waals surface area (Å²) in [4.78, 5) is 15.5. The van der Waals surface area contributed by atoms with Gasteiger partial charge in [-0.2, -0.15) is 0 Å². The summed E-state index contributed by atoms with van der Waals surface area (Å²) in [6.07, 6.45) is 4.36. The van der Waals surface area contributed by atoms with Crippen molar-refractivity contribution in [2.45, 2.75) is 50.5 Å². The Balaban J connectivity index is 1.67. The van der Waals surface area contributed by atoms with E-state index in [1.54, 1.807) is 14.0 Å². The van der Waals surface area contributed by atoms with Crippen LogP contribution < -0.4 is 20.7 Å². The summed E-state index contributed by atoms with van der Waals surface area (Å²) in [5.41, 5.74) is 2.95. The van der Waals surface area contributed by atoms with Gasteiger partial charge in [-0.1, -0.05) is 31.5 Å². The molecule has 2 heterocycles. The summed E-state index contributed by atoms with van der Waals surface area (Å²) < 4.78 is 32.9. The van der Waals surface area contributed by atoms with Crippen molar-refractivity contribution in [3.05, 3.63) is 58.6 Å². The summed E-state index contributed by atoms with van der Waals surface area (Å²) in [7, 11) is 0.136. The quantitative estimate of drug-likeness (QED) is 0.481. The Hall–Kier alpha value is -3.04. The summed E-state index contributed by atoms with van der Waals surface area (Å²) in [6, 6.07) is 13.4. The number of ether oxygens (including phenoxy) is 1. The maximum absolute atomic E-state index is 13.2. The molecule has 1 amide bonds. The lowest BCUT2D eigenvalue weighted by atomic mass is 9.65. The lowest BCUT2D eigenvalue weighted by molar-refractivity contribution is -0.123. The van der Waals surface area contributed by atoms with Crippen LogP contribution in [0.25, 0.3) is 5.70 Å². The number of piperidine rings is 1. The normalized spacial score (nSPS) is 20.0. The molecule has 1 saturated heterocycles. The minimum atomic E-state index is -3.59. The zero-order valence-electron chi connectivity index (χ0n) is 21.8. The molecule has 37 heavy (non-hydrogen) atoms. The van der Waals surface area contributed by atoms with Crippen LogP contribution in [-0.4, -0.2) is 58.3 Å². The van der Waals surface area contributed by atoms with Crippen LogP contribution in [0.4, 0.5) is 11.4 Å². The van der Waals surface area contributed by atoms with E-state index in [0.717, 1.165) is 62.1 Å². The number of sulfone groups is 1. The van der Waals surface area contributed by atoms with Crippen LogP contribution in [0.5, 0.6) is 5.75 Å². The average molecular weight is 525 g/mol. The Kier molecular flexibility index (Phi) is 6.93. The van der Waals surface area contributed by atoms with Gasteiger partial charge in [0.2, 0.25) is 5.91 Å². The number of anilines is 2. The Labute approximate surface area is 219 Å². The van der Waals surface area contributed by atoms with Gasteiger partial charge in [-0.05, 0) is 62.6 Å².